The Morgan fingerprint density at radius 1 is 1.00 bits per heavy atom. The third-order valence-corrected chi connectivity index (χ3v) is 6.08. The first-order valence-electron chi connectivity index (χ1n) is 10.9. The van der Waals surface area contributed by atoms with Gasteiger partial charge in [-0.1, -0.05) is 24.3 Å². The highest BCUT2D eigenvalue weighted by Gasteiger charge is 2.27. The van der Waals surface area contributed by atoms with Crippen molar-refractivity contribution in [2.45, 2.75) is 70.4 Å². The van der Waals surface area contributed by atoms with Crippen molar-refractivity contribution in [3.05, 3.63) is 42.0 Å². The molecule has 1 heterocycles. The molecule has 1 amide bonds. The van der Waals surface area contributed by atoms with E-state index in [1.165, 1.54) is 48.4 Å². The molecule has 2 aromatic carbocycles. The Labute approximate surface area is 167 Å². The fraction of sp³-hybridized carbons (Fsp3) is 0.542. The van der Waals surface area contributed by atoms with Gasteiger partial charge in [0.15, 0.2) is 0 Å². The standard InChI is InChI=1S/C24H31NO3/c1-2-27-24(26)25-14-6-5-7-21(25)16-18-10-11-20-17-23(13-12-19(20)15-18)28-22-8-3-4-9-22/h10-13,15,17,21-22H,2-9,14,16H2,1H3. The van der Waals surface area contributed by atoms with E-state index in [0.29, 0.717) is 12.7 Å². The quantitative estimate of drug-likeness (QED) is 0.665. The molecule has 0 bridgehead atoms. The number of amides is 1. The lowest BCUT2D eigenvalue weighted by molar-refractivity contribution is 0.0768. The maximum Gasteiger partial charge on any atom is 0.410 e. The number of likely N-dealkylation sites (tertiary alicyclic amines) is 1. The summed E-state index contributed by atoms with van der Waals surface area (Å²) in [6.07, 6.45) is 9.31. The van der Waals surface area contributed by atoms with Crippen LogP contribution in [0.15, 0.2) is 36.4 Å². The van der Waals surface area contributed by atoms with Gasteiger partial charge in [0.05, 0.1) is 12.7 Å². The minimum absolute atomic E-state index is 0.165. The van der Waals surface area contributed by atoms with Crippen molar-refractivity contribution in [2.75, 3.05) is 13.2 Å². The maximum absolute atomic E-state index is 12.3. The first-order valence-corrected chi connectivity index (χ1v) is 10.9. The number of rotatable bonds is 5. The zero-order valence-electron chi connectivity index (χ0n) is 16.9. The minimum atomic E-state index is -0.165. The predicted molar refractivity (Wildman–Crippen MR) is 112 cm³/mol. The highest BCUT2D eigenvalue weighted by atomic mass is 16.6. The SMILES string of the molecule is CCOC(=O)N1CCCCC1Cc1ccc2cc(OC3CCCC3)ccc2c1. The van der Waals surface area contributed by atoms with E-state index in [1.54, 1.807) is 0 Å². The largest absolute Gasteiger partial charge is 0.490 e. The van der Waals surface area contributed by atoms with Gasteiger partial charge in [0.2, 0.25) is 0 Å². The summed E-state index contributed by atoms with van der Waals surface area (Å²) in [5.74, 6) is 0.980. The molecule has 1 aliphatic carbocycles. The molecule has 4 rings (SSSR count). The van der Waals surface area contributed by atoms with E-state index in [2.05, 4.69) is 36.4 Å². The van der Waals surface area contributed by atoms with Crippen LogP contribution in [0, 0.1) is 0 Å². The van der Waals surface area contributed by atoms with Crippen LogP contribution in [0.2, 0.25) is 0 Å². The molecule has 2 aromatic rings. The second-order valence-corrected chi connectivity index (χ2v) is 8.11. The minimum Gasteiger partial charge on any atom is -0.490 e. The number of ether oxygens (including phenoxy) is 2. The third kappa shape index (κ3) is 4.43. The van der Waals surface area contributed by atoms with Gasteiger partial charge in [0.1, 0.15) is 5.75 Å². The summed E-state index contributed by atoms with van der Waals surface area (Å²) in [6.45, 7) is 3.10. The number of piperidine rings is 1. The Kier molecular flexibility index (Phi) is 6.04. The molecule has 0 spiro atoms. The number of carbonyl (C=O) groups is 1. The number of fused-ring (bicyclic) bond motifs is 1. The van der Waals surface area contributed by atoms with Crippen LogP contribution in [0.4, 0.5) is 4.79 Å². The Balaban J connectivity index is 1.46. The van der Waals surface area contributed by atoms with E-state index < -0.39 is 0 Å². The Hall–Kier alpha value is -2.23. The molecule has 28 heavy (non-hydrogen) atoms. The van der Waals surface area contributed by atoms with Crippen LogP contribution in [0.1, 0.15) is 57.4 Å². The van der Waals surface area contributed by atoms with Crippen molar-refractivity contribution in [1.29, 1.82) is 0 Å². The lowest BCUT2D eigenvalue weighted by Crippen LogP contribution is -2.45. The van der Waals surface area contributed by atoms with Crippen molar-refractivity contribution in [2.24, 2.45) is 0 Å². The van der Waals surface area contributed by atoms with Crippen LogP contribution in [0.5, 0.6) is 5.75 Å². The molecule has 4 heteroatoms. The molecule has 2 aliphatic rings. The average Bonchev–Trinajstić information content (AvgIpc) is 3.22. The Bertz CT molecular complexity index is 813. The van der Waals surface area contributed by atoms with Gasteiger partial charge in [-0.3, -0.25) is 0 Å². The number of hydrogen-bond donors (Lipinski definition) is 0. The molecule has 1 saturated heterocycles. The van der Waals surface area contributed by atoms with Gasteiger partial charge in [-0.15, -0.1) is 0 Å². The van der Waals surface area contributed by atoms with Crippen LogP contribution in [-0.4, -0.2) is 36.3 Å². The molecule has 150 valence electrons. The highest BCUT2D eigenvalue weighted by molar-refractivity contribution is 5.84. The number of hydrogen-bond acceptors (Lipinski definition) is 3. The van der Waals surface area contributed by atoms with Crippen LogP contribution < -0.4 is 4.74 Å². The average molecular weight is 382 g/mol. The zero-order chi connectivity index (χ0) is 19.3. The second kappa shape index (κ2) is 8.85. The van der Waals surface area contributed by atoms with E-state index in [0.717, 1.165) is 31.6 Å². The van der Waals surface area contributed by atoms with Gasteiger partial charge in [-0.05, 0) is 86.8 Å². The summed E-state index contributed by atoms with van der Waals surface area (Å²) in [6, 6.07) is 13.3. The number of benzene rings is 2. The molecule has 1 atom stereocenters. The molecule has 0 radical (unpaired) electrons. The smallest absolute Gasteiger partial charge is 0.410 e. The van der Waals surface area contributed by atoms with Crippen molar-refractivity contribution in [3.8, 4) is 5.75 Å². The molecule has 2 fully saturated rings. The van der Waals surface area contributed by atoms with Crippen LogP contribution in [0.3, 0.4) is 0 Å². The fourth-order valence-corrected chi connectivity index (χ4v) is 4.60. The van der Waals surface area contributed by atoms with Gasteiger partial charge in [0, 0.05) is 12.6 Å². The van der Waals surface area contributed by atoms with Crippen LogP contribution in [-0.2, 0) is 11.2 Å². The summed E-state index contributed by atoms with van der Waals surface area (Å²) in [5, 5.41) is 2.44. The molecule has 0 N–H and O–H groups in total. The predicted octanol–water partition coefficient (Wildman–Crippen LogP) is 5.71. The first-order chi connectivity index (χ1) is 13.7. The molecule has 1 saturated carbocycles. The molecule has 1 unspecified atom stereocenters. The molecular formula is C24H31NO3. The maximum atomic E-state index is 12.3. The fourth-order valence-electron chi connectivity index (χ4n) is 4.60. The molecule has 1 aliphatic heterocycles. The summed E-state index contributed by atoms with van der Waals surface area (Å²) in [4.78, 5) is 14.2. The van der Waals surface area contributed by atoms with Gasteiger partial charge in [0.25, 0.3) is 0 Å². The van der Waals surface area contributed by atoms with Crippen molar-refractivity contribution >= 4 is 16.9 Å². The van der Waals surface area contributed by atoms with Crippen molar-refractivity contribution < 1.29 is 14.3 Å². The lowest BCUT2D eigenvalue weighted by atomic mass is 9.94. The topological polar surface area (TPSA) is 38.8 Å². The molecule has 4 nitrogen and oxygen atoms in total. The summed E-state index contributed by atoms with van der Waals surface area (Å²) < 4.78 is 11.4. The van der Waals surface area contributed by atoms with Crippen LogP contribution in [0.25, 0.3) is 10.8 Å². The van der Waals surface area contributed by atoms with E-state index in [9.17, 15) is 4.79 Å². The monoisotopic (exact) mass is 381 g/mol. The van der Waals surface area contributed by atoms with Crippen molar-refractivity contribution in [1.82, 2.24) is 4.90 Å². The zero-order valence-corrected chi connectivity index (χ0v) is 16.9. The number of carbonyl (C=O) groups excluding carboxylic acids is 1. The van der Waals surface area contributed by atoms with E-state index in [1.807, 2.05) is 11.8 Å². The Morgan fingerprint density at radius 2 is 1.75 bits per heavy atom. The molecule has 0 aromatic heterocycles. The van der Waals surface area contributed by atoms with E-state index >= 15 is 0 Å². The van der Waals surface area contributed by atoms with Gasteiger partial charge < -0.3 is 14.4 Å². The van der Waals surface area contributed by atoms with E-state index in [-0.39, 0.29) is 12.1 Å². The van der Waals surface area contributed by atoms with Gasteiger partial charge in [-0.25, -0.2) is 4.79 Å². The highest BCUT2D eigenvalue weighted by Crippen LogP contribution is 2.28. The van der Waals surface area contributed by atoms with Gasteiger partial charge >= 0.3 is 6.09 Å². The summed E-state index contributed by atoms with van der Waals surface area (Å²) >= 11 is 0. The second-order valence-electron chi connectivity index (χ2n) is 8.11. The Morgan fingerprint density at radius 3 is 2.57 bits per heavy atom. The normalized spacial score (nSPS) is 20.5. The first kappa shape index (κ1) is 19.1. The van der Waals surface area contributed by atoms with Crippen molar-refractivity contribution in [3.63, 3.8) is 0 Å². The lowest BCUT2D eigenvalue weighted by Gasteiger charge is -2.35. The summed E-state index contributed by atoms with van der Waals surface area (Å²) in [7, 11) is 0. The van der Waals surface area contributed by atoms with Gasteiger partial charge in [-0.2, -0.15) is 0 Å². The summed E-state index contributed by atoms with van der Waals surface area (Å²) in [5.41, 5.74) is 1.28. The molecular weight excluding hydrogens is 350 g/mol. The third-order valence-electron chi connectivity index (χ3n) is 6.08. The number of nitrogens with zero attached hydrogens (tertiary/aromatic N) is 1. The van der Waals surface area contributed by atoms with E-state index in [4.69, 9.17) is 9.47 Å². The van der Waals surface area contributed by atoms with Crippen LogP contribution >= 0.6 is 0 Å².